The Morgan fingerprint density at radius 2 is 1.93 bits per heavy atom. The number of halogens is 2. The van der Waals surface area contributed by atoms with Crippen molar-refractivity contribution in [3.63, 3.8) is 0 Å². The van der Waals surface area contributed by atoms with Crippen molar-refractivity contribution in [2.24, 2.45) is 4.99 Å². The van der Waals surface area contributed by atoms with E-state index in [4.69, 9.17) is 11.6 Å². The van der Waals surface area contributed by atoms with Gasteiger partial charge in [-0.3, -0.25) is 4.99 Å². The predicted molar refractivity (Wildman–Crippen MR) is 108 cm³/mol. The summed E-state index contributed by atoms with van der Waals surface area (Å²) in [4.78, 5) is 12.4. The third-order valence-corrected chi connectivity index (χ3v) is 4.51. The molecule has 0 atom stereocenters. The van der Waals surface area contributed by atoms with Crippen LogP contribution in [-0.2, 0) is 0 Å². The van der Waals surface area contributed by atoms with Gasteiger partial charge in [-0.15, -0.1) is 17.5 Å². The van der Waals surface area contributed by atoms with E-state index in [1.54, 1.807) is 4.68 Å². The van der Waals surface area contributed by atoms with Gasteiger partial charge < -0.3 is 10.3 Å². The summed E-state index contributed by atoms with van der Waals surface area (Å²) in [7, 11) is 0. The zero-order valence-corrected chi connectivity index (χ0v) is 15.6. The normalized spacial score (nSPS) is 13.3. The fraction of sp³-hybridized carbons (Fsp3) is 0.111. The molecule has 136 valence electrons. The zero-order chi connectivity index (χ0) is 17.5. The lowest BCUT2D eigenvalue weighted by Crippen LogP contribution is -2.19. The minimum absolute atomic E-state index is 0. The van der Waals surface area contributed by atoms with Crippen LogP contribution in [0.3, 0.4) is 0 Å². The van der Waals surface area contributed by atoms with Crippen LogP contribution in [0.25, 0.3) is 28.2 Å². The first-order chi connectivity index (χ1) is 12.8. The van der Waals surface area contributed by atoms with E-state index < -0.39 is 0 Å². The highest BCUT2D eigenvalue weighted by Gasteiger charge is 2.13. The van der Waals surface area contributed by atoms with Crippen LogP contribution in [-0.4, -0.2) is 43.9 Å². The number of aromatic amines is 1. The molecule has 1 aliphatic rings. The number of hydrogen-bond donors (Lipinski definition) is 2. The molecule has 4 aromatic rings. The molecular formula is C18H15Cl2N7. The maximum Gasteiger partial charge on any atom is 0.160 e. The molecule has 0 saturated heterocycles. The van der Waals surface area contributed by atoms with Crippen molar-refractivity contribution >= 4 is 40.9 Å². The molecule has 27 heavy (non-hydrogen) atoms. The number of aromatic nitrogens is 5. The molecular weight excluding hydrogens is 385 g/mol. The summed E-state index contributed by atoms with van der Waals surface area (Å²) >= 11 is 5.93. The van der Waals surface area contributed by atoms with Gasteiger partial charge >= 0.3 is 0 Å². The first-order valence-corrected chi connectivity index (χ1v) is 8.61. The van der Waals surface area contributed by atoms with Gasteiger partial charge in [0.05, 0.1) is 29.5 Å². The molecule has 2 N–H and O–H groups in total. The van der Waals surface area contributed by atoms with Gasteiger partial charge in [-0.05, 0) is 42.5 Å². The third-order valence-electron chi connectivity index (χ3n) is 4.26. The molecule has 2 aromatic heterocycles. The Balaban J connectivity index is 0.00000180. The highest BCUT2D eigenvalue weighted by atomic mass is 35.5. The molecule has 0 spiro atoms. The summed E-state index contributed by atoms with van der Waals surface area (Å²) in [5.41, 5.74) is 4.43. The summed E-state index contributed by atoms with van der Waals surface area (Å²) < 4.78 is 1.70. The average molecular weight is 400 g/mol. The maximum atomic E-state index is 5.93. The van der Waals surface area contributed by atoms with E-state index in [0.717, 1.165) is 41.2 Å². The molecule has 3 heterocycles. The molecule has 0 saturated carbocycles. The molecule has 1 aliphatic heterocycles. The van der Waals surface area contributed by atoms with Crippen molar-refractivity contribution < 1.29 is 0 Å². The highest BCUT2D eigenvalue weighted by Crippen LogP contribution is 2.21. The molecule has 0 unspecified atom stereocenters. The van der Waals surface area contributed by atoms with Gasteiger partial charge in [0, 0.05) is 17.1 Å². The van der Waals surface area contributed by atoms with E-state index in [9.17, 15) is 0 Å². The predicted octanol–water partition coefficient (Wildman–Crippen LogP) is 3.24. The van der Waals surface area contributed by atoms with Crippen LogP contribution in [0.15, 0.2) is 53.7 Å². The fourth-order valence-corrected chi connectivity index (χ4v) is 3.09. The summed E-state index contributed by atoms with van der Waals surface area (Å²) in [6.45, 7) is 1.70. The van der Waals surface area contributed by atoms with E-state index in [0.29, 0.717) is 16.5 Å². The van der Waals surface area contributed by atoms with E-state index in [-0.39, 0.29) is 12.4 Å². The Morgan fingerprint density at radius 1 is 1.07 bits per heavy atom. The second kappa shape index (κ2) is 7.02. The number of aliphatic imine (C=N–C) groups is 1. The molecule has 0 bridgehead atoms. The van der Waals surface area contributed by atoms with Gasteiger partial charge in [-0.2, -0.15) is 0 Å². The van der Waals surface area contributed by atoms with Crippen molar-refractivity contribution in [3.05, 3.63) is 59.2 Å². The molecule has 9 heteroatoms. The van der Waals surface area contributed by atoms with E-state index in [1.165, 1.54) is 0 Å². The largest absolute Gasteiger partial charge is 0.368 e. The summed E-state index contributed by atoms with van der Waals surface area (Å²) in [6, 6.07) is 13.5. The molecule has 2 aromatic carbocycles. The topological polar surface area (TPSA) is 83.8 Å². The number of rotatable bonds is 3. The van der Waals surface area contributed by atoms with Crippen molar-refractivity contribution in [2.45, 2.75) is 0 Å². The third kappa shape index (κ3) is 3.27. The highest BCUT2D eigenvalue weighted by molar-refractivity contribution is 6.30. The van der Waals surface area contributed by atoms with Crippen LogP contribution in [0, 0.1) is 0 Å². The molecule has 5 rings (SSSR count). The Hall–Kier alpha value is -2.90. The number of hydrogen-bond acceptors (Lipinski definition) is 5. The minimum atomic E-state index is 0. The standard InChI is InChI=1S/C18H14ClN7.ClH/c19-12-2-4-13(5-3-12)26-10-16(24-25-26)18-22-14-6-1-11(9-15(14)23-18)17-20-7-8-21-17;/h1-6,9-10H,7-8H2,(H,20,21)(H,22,23);1H. The lowest BCUT2D eigenvalue weighted by atomic mass is 10.2. The van der Waals surface area contributed by atoms with E-state index >= 15 is 0 Å². The van der Waals surface area contributed by atoms with Crippen molar-refractivity contribution in [1.82, 2.24) is 30.3 Å². The first kappa shape index (κ1) is 17.5. The quantitative estimate of drug-likeness (QED) is 0.553. The monoisotopic (exact) mass is 399 g/mol. The van der Waals surface area contributed by atoms with Gasteiger partial charge in [-0.1, -0.05) is 16.8 Å². The second-order valence-corrected chi connectivity index (χ2v) is 6.44. The number of amidine groups is 1. The van der Waals surface area contributed by atoms with Crippen molar-refractivity contribution in [1.29, 1.82) is 0 Å². The minimum Gasteiger partial charge on any atom is -0.368 e. The van der Waals surface area contributed by atoms with Crippen LogP contribution >= 0.6 is 24.0 Å². The lowest BCUT2D eigenvalue weighted by Gasteiger charge is -2.01. The number of benzene rings is 2. The summed E-state index contributed by atoms with van der Waals surface area (Å²) in [5, 5.41) is 12.4. The van der Waals surface area contributed by atoms with Gasteiger partial charge in [-0.25, -0.2) is 9.67 Å². The maximum absolute atomic E-state index is 5.93. The number of nitrogens with zero attached hydrogens (tertiary/aromatic N) is 5. The lowest BCUT2D eigenvalue weighted by molar-refractivity contribution is 0.803. The number of nitrogens with one attached hydrogen (secondary N) is 2. The SMILES string of the molecule is Cl.Clc1ccc(-n2cc(-c3nc4ccc(C5=NCCN5)cc4[nH]3)nn2)cc1. The van der Waals surface area contributed by atoms with Crippen molar-refractivity contribution in [3.8, 4) is 17.2 Å². The van der Waals surface area contributed by atoms with Gasteiger partial charge in [0.15, 0.2) is 5.82 Å². The van der Waals surface area contributed by atoms with E-state index in [1.807, 2.05) is 48.7 Å². The number of H-pyrrole nitrogens is 1. The molecule has 0 radical (unpaired) electrons. The van der Waals surface area contributed by atoms with Crippen LogP contribution in [0.1, 0.15) is 5.56 Å². The Labute approximate surface area is 165 Å². The van der Waals surface area contributed by atoms with Gasteiger partial charge in [0.25, 0.3) is 0 Å². The summed E-state index contributed by atoms with van der Waals surface area (Å²) in [6.07, 6.45) is 1.84. The number of fused-ring (bicyclic) bond motifs is 1. The van der Waals surface area contributed by atoms with Crippen LogP contribution in [0.4, 0.5) is 0 Å². The Kier molecular flexibility index (Phi) is 4.55. The van der Waals surface area contributed by atoms with Crippen LogP contribution in [0.5, 0.6) is 0 Å². The molecule has 0 aliphatic carbocycles. The smallest absolute Gasteiger partial charge is 0.160 e. The first-order valence-electron chi connectivity index (χ1n) is 8.23. The molecule has 0 fully saturated rings. The Bertz CT molecular complexity index is 1130. The Morgan fingerprint density at radius 3 is 2.70 bits per heavy atom. The fourth-order valence-electron chi connectivity index (χ4n) is 2.96. The molecule has 0 amide bonds. The van der Waals surface area contributed by atoms with E-state index in [2.05, 4.69) is 30.6 Å². The average Bonchev–Trinajstić information content (AvgIpc) is 3.40. The zero-order valence-electron chi connectivity index (χ0n) is 14.1. The number of imidazole rings is 1. The second-order valence-electron chi connectivity index (χ2n) is 6.00. The van der Waals surface area contributed by atoms with Crippen molar-refractivity contribution in [2.75, 3.05) is 13.1 Å². The molecule has 7 nitrogen and oxygen atoms in total. The van der Waals surface area contributed by atoms with Crippen LogP contribution < -0.4 is 5.32 Å². The summed E-state index contributed by atoms with van der Waals surface area (Å²) in [5.74, 6) is 1.61. The van der Waals surface area contributed by atoms with Gasteiger partial charge in [0.2, 0.25) is 0 Å². The van der Waals surface area contributed by atoms with Gasteiger partial charge in [0.1, 0.15) is 11.5 Å². The van der Waals surface area contributed by atoms with Crippen LogP contribution in [0.2, 0.25) is 5.02 Å².